The van der Waals surface area contributed by atoms with E-state index < -0.39 is 0 Å². The summed E-state index contributed by atoms with van der Waals surface area (Å²) in [5, 5.41) is 3.37. The fourth-order valence-electron chi connectivity index (χ4n) is 3.13. The Kier molecular flexibility index (Phi) is 5.05. The predicted octanol–water partition coefficient (Wildman–Crippen LogP) is 3.35. The topological polar surface area (TPSA) is 50.4 Å². The quantitative estimate of drug-likeness (QED) is 0.655. The Hall–Kier alpha value is -1.51. The maximum Gasteiger partial charge on any atom is 0.189 e. The summed E-state index contributed by atoms with van der Waals surface area (Å²) in [7, 11) is 0. The molecule has 1 aliphatic rings. The van der Waals surface area contributed by atoms with E-state index in [1.165, 1.54) is 54.4 Å². The highest BCUT2D eigenvalue weighted by Gasteiger charge is 2.13. The number of nitrogens with zero attached hydrogens (tertiary/aromatic N) is 1. The molecule has 0 amide bonds. The van der Waals surface area contributed by atoms with Gasteiger partial charge in [-0.1, -0.05) is 37.0 Å². The summed E-state index contributed by atoms with van der Waals surface area (Å²) < 4.78 is 0. The Bertz CT molecular complexity index is 462. The van der Waals surface area contributed by atoms with Gasteiger partial charge in [-0.05, 0) is 50.3 Å². The molecule has 1 aromatic carbocycles. The van der Waals surface area contributed by atoms with E-state index in [0.29, 0.717) is 18.5 Å². The summed E-state index contributed by atoms with van der Waals surface area (Å²) in [5.74, 6) is 0.594. The molecule has 0 radical (unpaired) electrons. The third kappa shape index (κ3) is 3.99. The summed E-state index contributed by atoms with van der Waals surface area (Å²) in [6.45, 7) is 7.10. The van der Waals surface area contributed by atoms with Crippen molar-refractivity contribution in [2.75, 3.05) is 0 Å². The first-order valence-electron chi connectivity index (χ1n) is 7.69. The van der Waals surface area contributed by atoms with Crippen LogP contribution in [0.3, 0.4) is 0 Å². The van der Waals surface area contributed by atoms with Gasteiger partial charge in [-0.2, -0.15) is 0 Å². The lowest BCUT2D eigenvalue weighted by Gasteiger charge is -2.23. The van der Waals surface area contributed by atoms with Gasteiger partial charge in [-0.3, -0.25) is 0 Å². The number of rotatable bonds is 3. The molecule has 3 nitrogen and oxygen atoms in total. The normalized spacial score (nSPS) is 17.2. The first kappa shape index (κ1) is 14.9. The van der Waals surface area contributed by atoms with Gasteiger partial charge >= 0.3 is 0 Å². The number of hydrogen-bond donors (Lipinski definition) is 2. The molecule has 1 saturated carbocycles. The molecule has 0 saturated heterocycles. The van der Waals surface area contributed by atoms with E-state index in [9.17, 15) is 0 Å². The second-order valence-corrected chi connectivity index (χ2v) is 6.06. The van der Waals surface area contributed by atoms with Crippen LogP contribution in [-0.2, 0) is 6.54 Å². The SMILES string of the molecule is Cc1cc(C)c(CN=C(N)NC2CCCCC2)c(C)c1. The third-order valence-electron chi connectivity index (χ3n) is 4.21. The highest BCUT2D eigenvalue weighted by molar-refractivity contribution is 5.78. The molecule has 3 heteroatoms. The fraction of sp³-hybridized carbons (Fsp3) is 0.588. The van der Waals surface area contributed by atoms with E-state index in [0.717, 1.165) is 0 Å². The van der Waals surface area contributed by atoms with Crippen molar-refractivity contribution in [3.8, 4) is 0 Å². The molecule has 20 heavy (non-hydrogen) atoms. The molecule has 0 atom stereocenters. The minimum absolute atomic E-state index is 0.521. The zero-order valence-corrected chi connectivity index (χ0v) is 13.0. The first-order valence-corrected chi connectivity index (χ1v) is 7.69. The van der Waals surface area contributed by atoms with Gasteiger partial charge in [0.1, 0.15) is 0 Å². The molecule has 0 aromatic heterocycles. The number of aryl methyl sites for hydroxylation is 3. The highest BCUT2D eigenvalue weighted by Crippen LogP contribution is 2.18. The van der Waals surface area contributed by atoms with Crippen molar-refractivity contribution in [2.24, 2.45) is 10.7 Å². The van der Waals surface area contributed by atoms with Crippen molar-refractivity contribution in [3.63, 3.8) is 0 Å². The van der Waals surface area contributed by atoms with Crippen LogP contribution in [-0.4, -0.2) is 12.0 Å². The van der Waals surface area contributed by atoms with Crippen molar-refractivity contribution in [1.82, 2.24) is 5.32 Å². The largest absolute Gasteiger partial charge is 0.370 e. The summed E-state index contributed by atoms with van der Waals surface area (Å²) in [4.78, 5) is 4.52. The second kappa shape index (κ2) is 6.78. The molecule has 0 spiro atoms. The molecular formula is C17H27N3. The Labute approximate surface area is 122 Å². The molecule has 0 bridgehead atoms. The molecule has 1 aliphatic carbocycles. The van der Waals surface area contributed by atoms with Crippen molar-refractivity contribution in [3.05, 3.63) is 34.4 Å². The number of nitrogens with one attached hydrogen (secondary N) is 1. The van der Waals surface area contributed by atoms with Gasteiger partial charge in [-0.25, -0.2) is 4.99 Å². The minimum Gasteiger partial charge on any atom is -0.370 e. The summed E-state index contributed by atoms with van der Waals surface area (Å²) in [6, 6.07) is 4.94. The van der Waals surface area contributed by atoms with Gasteiger partial charge in [0.2, 0.25) is 0 Å². The highest BCUT2D eigenvalue weighted by atomic mass is 15.1. The van der Waals surface area contributed by atoms with E-state index in [2.05, 4.69) is 43.2 Å². The molecule has 1 fully saturated rings. The molecule has 0 heterocycles. The zero-order chi connectivity index (χ0) is 14.5. The predicted molar refractivity (Wildman–Crippen MR) is 86.0 cm³/mol. The standard InChI is InChI=1S/C17H27N3/c1-12-9-13(2)16(14(3)10-12)11-19-17(18)20-15-7-5-4-6-8-15/h9-10,15H,4-8,11H2,1-3H3,(H3,18,19,20). The minimum atomic E-state index is 0.521. The van der Waals surface area contributed by atoms with E-state index in [1.807, 2.05) is 0 Å². The van der Waals surface area contributed by atoms with Gasteiger partial charge in [0.25, 0.3) is 0 Å². The number of hydrogen-bond acceptors (Lipinski definition) is 1. The maximum absolute atomic E-state index is 6.02. The van der Waals surface area contributed by atoms with Gasteiger partial charge in [0.15, 0.2) is 5.96 Å². The van der Waals surface area contributed by atoms with Crippen LogP contribution in [0.4, 0.5) is 0 Å². The van der Waals surface area contributed by atoms with E-state index in [4.69, 9.17) is 5.73 Å². The molecule has 1 aromatic rings. The number of benzene rings is 1. The van der Waals surface area contributed by atoms with Crippen LogP contribution in [0.1, 0.15) is 54.4 Å². The van der Waals surface area contributed by atoms with Crippen molar-refractivity contribution in [2.45, 2.75) is 65.5 Å². The van der Waals surface area contributed by atoms with Gasteiger partial charge < -0.3 is 11.1 Å². The van der Waals surface area contributed by atoms with Crippen LogP contribution in [0.15, 0.2) is 17.1 Å². The maximum atomic E-state index is 6.02. The Morgan fingerprint density at radius 1 is 1.15 bits per heavy atom. The smallest absolute Gasteiger partial charge is 0.189 e. The first-order chi connectivity index (χ1) is 9.56. The van der Waals surface area contributed by atoms with Gasteiger partial charge in [0, 0.05) is 6.04 Å². The van der Waals surface area contributed by atoms with Gasteiger partial charge in [0.05, 0.1) is 6.54 Å². The average Bonchev–Trinajstić information content (AvgIpc) is 2.38. The van der Waals surface area contributed by atoms with Crippen LogP contribution in [0.25, 0.3) is 0 Å². The number of aliphatic imine (C=N–C) groups is 1. The number of nitrogens with two attached hydrogens (primary N) is 1. The molecular weight excluding hydrogens is 246 g/mol. The summed E-state index contributed by atoms with van der Waals surface area (Å²) in [6.07, 6.45) is 6.41. The average molecular weight is 273 g/mol. The monoisotopic (exact) mass is 273 g/mol. The lowest BCUT2D eigenvalue weighted by molar-refractivity contribution is 0.412. The molecule has 0 unspecified atom stereocenters. The van der Waals surface area contributed by atoms with Crippen LogP contribution >= 0.6 is 0 Å². The molecule has 3 N–H and O–H groups in total. The van der Waals surface area contributed by atoms with Crippen molar-refractivity contribution < 1.29 is 0 Å². The van der Waals surface area contributed by atoms with Crippen LogP contribution in [0.2, 0.25) is 0 Å². The van der Waals surface area contributed by atoms with Crippen LogP contribution < -0.4 is 11.1 Å². The number of guanidine groups is 1. The van der Waals surface area contributed by atoms with E-state index >= 15 is 0 Å². The van der Waals surface area contributed by atoms with Crippen LogP contribution in [0, 0.1) is 20.8 Å². The van der Waals surface area contributed by atoms with Gasteiger partial charge in [-0.15, -0.1) is 0 Å². The Balaban J connectivity index is 1.97. The molecule has 2 rings (SSSR count). The molecule has 110 valence electrons. The van der Waals surface area contributed by atoms with E-state index in [1.54, 1.807) is 0 Å². The fourth-order valence-corrected chi connectivity index (χ4v) is 3.13. The third-order valence-corrected chi connectivity index (χ3v) is 4.21. The van der Waals surface area contributed by atoms with Crippen LogP contribution in [0.5, 0.6) is 0 Å². The zero-order valence-electron chi connectivity index (χ0n) is 13.0. The lowest BCUT2D eigenvalue weighted by Crippen LogP contribution is -2.41. The summed E-state index contributed by atoms with van der Waals surface area (Å²) in [5.41, 5.74) is 11.2. The lowest BCUT2D eigenvalue weighted by atomic mass is 9.96. The van der Waals surface area contributed by atoms with E-state index in [-0.39, 0.29) is 0 Å². The van der Waals surface area contributed by atoms with Crippen molar-refractivity contribution >= 4 is 5.96 Å². The van der Waals surface area contributed by atoms with Crippen molar-refractivity contribution in [1.29, 1.82) is 0 Å². The molecule has 0 aliphatic heterocycles. The Morgan fingerprint density at radius 3 is 2.35 bits per heavy atom. The summed E-state index contributed by atoms with van der Waals surface area (Å²) >= 11 is 0. The Morgan fingerprint density at radius 2 is 1.75 bits per heavy atom. The second-order valence-electron chi connectivity index (χ2n) is 6.06.